The Labute approximate surface area is 172 Å². The first-order valence-electron chi connectivity index (χ1n) is 10.00. The summed E-state index contributed by atoms with van der Waals surface area (Å²) in [6.07, 6.45) is 6.40. The van der Waals surface area contributed by atoms with Crippen LogP contribution in [0.25, 0.3) is 17.0 Å². The van der Waals surface area contributed by atoms with E-state index in [9.17, 15) is 9.59 Å². The maximum absolute atomic E-state index is 13.6. The zero-order valence-corrected chi connectivity index (χ0v) is 17.2. The molecule has 1 amide bonds. The summed E-state index contributed by atoms with van der Waals surface area (Å²) in [5, 5.41) is 9.16. The van der Waals surface area contributed by atoms with Crippen LogP contribution in [0, 0.1) is 0 Å². The molecular weight excluding hydrogens is 386 g/mol. The molecular formula is C21H23N5O2S. The maximum Gasteiger partial charge on any atom is 0.259 e. The molecule has 1 saturated carbocycles. The van der Waals surface area contributed by atoms with Crippen molar-refractivity contribution in [3.63, 3.8) is 0 Å². The highest BCUT2D eigenvalue weighted by molar-refractivity contribution is 7.99. The van der Waals surface area contributed by atoms with Gasteiger partial charge in [-0.1, -0.05) is 55.3 Å². The van der Waals surface area contributed by atoms with Crippen LogP contribution in [0.3, 0.4) is 0 Å². The molecule has 8 heteroatoms. The topological polar surface area (TPSA) is 95.3 Å². The lowest BCUT2D eigenvalue weighted by Gasteiger charge is -2.42. The third-order valence-electron chi connectivity index (χ3n) is 6.38. The highest BCUT2D eigenvalue weighted by Crippen LogP contribution is 2.49. The van der Waals surface area contributed by atoms with Gasteiger partial charge in [-0.25, -0.2) is 0 Å². The molecule has 0 saturated heterocycles. The van der Waals surface area contributed by atoms with Gasteiger partial charge in [0.15, 0.2) is 5.16 Å². The summed E-state index contributed by atoms with van der Waals surface area (Å²) >= 11 is 1.26. The van der Waals surface area contributed by atoms with Crippen LogP contribution in [0.2, 0.25) is 0 Å². The highest BCUT2D eigenvalue weighted by atomic mass is 32.2. The van der Waals surface area contributed by atoms with Crippen LogP contribution in [0.15, 0.2) is 34.2 Å². The van der Waals surface area contributed by atoms with E-state index in [0.717, 1.165) is 48.9 Å². The highest BCUT2D eigenvalue weighted by Gasteiger charge is 2.43. The van der Waals surface area contributed by atoms with Crippen molar-refractivity contribution in [3.05, 3.63) is 45.7 Å². The first kappa shape index (κ1) is 18.4. The molecule has 0 unspecified atom stereocenters. The molecule has 2 aromatic heterocycles. The van der Waals surface area contributed by atoms with Gasteiger partial charge in [0.05, 0.1) is 11.4 Å². The average Bonchev–Trinajstić information content (AvgIpc) is 3.14. The average molecular weight is 410 g/mol. The van der Waals surface area contributed by atoms with Gasteiger partial charge in [0.25, 0.3) is 5.56 Å². The molecule has 0 aliphatic heterocycles. The molecule has 1 fully saturated rings. The number of thioether (sulfide) groups is 1. The molecule has 1 aromatic carbocycles. The molecule has 2 aliphatic rings. The number of aryl methyl sites for hydroxylation is 1. The Hall–Kier alpha value is -2.61. The number of benzene rings is 1. The van der Waals surface area contributed by atoms with E-state index in [2.05, 4.69) is 28.4 Å². The van der Waals surface area contributed by atoms with Crippen LogP contribution in [0.4, 0.5) is 0 Å². The number of carbonyl (C=O) groups excluding carboxylic acids is 1. The van der Waals surface area contributed by atoms with E-state index in [1.165, 1.54) is 23.7 Å². The monoisotopic (exact) mass is 409 g/mol. The van der Waals surface area contributed by atoms with E-state index < -0.39 is 5.91 Å². The van der Waals surface area contributed by atoms with Crippen LogP contribution in [0.1, 0.15) is 43.2 Å². The fourth-order valence-corrected chi connectivity index (χ4v) is 5.79. The second-order valence-electron chi connectivity index (χ2n) is 8.14. The second-order valence-corrected chi connectivity index (χ2v) is 9.08. The second kappa shape index (κ2) is 6.73. The van der Waals surface area contributed by atoms with Gasteiger partial charge in [-0.3, -0.25) is 18.6 Å². The molecule has 0 atom stereocenters. The molecule has 150 valence electrons. The summed E-state index contributed by atoms with van der Waals surface area (Å²) in [5.41, 5.74) is 9.32. The number of nitrogens with two attached hydrogens (primary N) is 1. The number of hydrogen-bond acceptors (Lipinski definition) is 5. The number of nitrogens with zero attached hydrogens (tertiary/aromatic N) is 4. The van der Waals surface area contributed by atoms with Gasteiger partial charge < -0.3 is 5.73 Å². The summed E-state index contributed by atoms with van der Waals surface area (Å²) in [6.45, 7) is 0. The molecule has 29 heavy (non-hydrogen) atoms. The van der Waals surface area contributed by atoms with Crippen LogP contribution in [0.5, 0.6) is 0 Å². The van der Waals surface area contributed by atoms with Crippen molar-refractivity contribution in [1.29, 1.82) is 0 Å². The quantitative estimate of drug-likeness (QED) is 0.671. The number of fused-ring (bicyclic) bond motifs is 6. The van der Waals surface area contributed by atoms with E-state index in [1.54, 1.807) is 11.6 Å². The van der Waals surface area contributed by atoms with Crippen LogP contribution in [-0.4, -0.2) is 30.8 Å². The molecule has 0 bridgehead atoms. The molecule has 1 spiro atoms. The fraction of sp³-hybridized carbons (Fsp3) is 0.429. The van der Waals surface area contributed by atoms with E-state index in [0.29, 0.717) is 10.9 Å². The normalized spacial score (nSPS) is 17.3. The van der Waals surface area contributed by atoms with Crippen molar-refractivity contribution in [1.82, 2.24) is 19.2 Å². The summed E-state index contributed by atoms with van der Waals surface area (Å²) in [5.74, 6) is 0.198. The smallest absolute Gasteiger partial charge is 0.259 e. The number of amides is 1. The molecule has 2 aliphatic carbocycles. The van der Waals surface area contributed by atoms with Gasteiger partial charge >= 0.3 is 0 Å². The minimum absolute atomic E-state index is 0.0164. The molecule has 0 radical (unpaired) electrons. The van der Waals surface area contributed by atoms with Gasteiger partial charge in [-0.15, -0.1) is 10.2 Å². The lowest BCUT2D eigenvalue weighted by atomic mass is 9.62. The summed E-state index contributed by atoms with van der Waals surface area (Å²) < 4.78 is 3.56. The van der Waals surface area contributed by atoms with Crippen molar-refractivity contribution < 1.29 is 4.79 Å². The Balaban J connectivity index is 1.88. The zero-order valence-electron chi connectivity index (χ0n) is 16.4. The minimum atomic E-state index is -0.408. The van der Waals surface area contributed by atoms with Crippen LogP contribution >= 0.6 is 11.8 Å². The summed E-state index contributed by atoms with van der Waals surface area (Å²) in [4.78, 5) is 25.0. The zero-order chi connectivity index (χ0) is 20.2. The van der Waals surface area contributed by atoms with Crippen molar-refractivity contribution in [3.8, 4) is 11.3 Å². The number of primary amides is 1. The van der Waals surface area contributed by atoms with Gasteiger partial charge in [0.2, 0.25) is 11.7 Å². The molecule has 2 N–H and O–H groups in total. The van der Waals surface area contributed by atoms with Gasteiger partial charge in [0.1, 0.15) is 0 Å². The Morgan fingerprint density at radius 3 is 2.72 bits per heavy atom. The molecule has 3 aromatic rings. The van der Waals surface area contributed by atoms with E-state index in [4.69, 9.17) is 5.73 Å². The molecule has 7 nitrogen and oxygen atoms in total. The first-order chi connectivity index (χ1) is 14.0. The van der Waals surface area contributed by atoms with Crippen LogP contribution < -0.4 is 11.3 Å². The number of carbonyl (C=O) groups is 1. The lowest BCUT2D eigenvalue weighted by Crippen LogP contribution is -2.43. The van der Waals surface area contributed by atoms with Crippen molar-refractivity contribution in [2.75, 3.05) is 5.75 Å². The number of aromatic nitrogens is 4. The Morgan fingerprint density at radius 2 is 1.97 bits per heavy atom. The molecule has 2 heterocycles. The Kier molecular flexibility index (Phi) is 4.27. The molecule has 5 rings (SSSR count). The third kappa shape index (κ3) is 2.73. The van der Waals surface area contributed by atoms with Crippen molar-refractivity contribution >= 4 is 23.4 Å². The largest absolute Gasteiger partial charge is 0.369 e. The van der Waals surface area contributed by atoms with Gasteiger partial charge in [-0.05, 0) is 24.8 Å². The number of hydrogen-bond donors (Lipinski definition) is 1. The van der Waals surface area contributed by atoms with Crippen molar-refractivity contribution in [2.45, 2.75) is 49.1 Å². The Morgan fingerprint density at radius 1 is 1.21 bits per heavy atom. The Bertz CT molecular complexity index is 1190. The standard InChI is InChI=1S/C21H23N5O2S/c1-25-18(28)16-17(26-19(25)23-24-20(26)29-12-15(22)27)14-8-4-3-7-13(14)11-21(16)9-5-2-6-10-21/h3-4,7-8H,2,5-6,9-12H2,1H3,(H2,22,27). The summed E-state index contributed by atoms with van der Waals surface area (Å²) in [6, 6.07) is 8.31. The van der Waals surface area contributed by atoms with Crippen LogP contribution in [-0.2, 0) is 23.7 Å². The number of rotatable bonds is 3. The predicted molar refractivity (Wildman–Crippen MR) is 112 cm³/mol. The third-order valence-corrected chi connectivity index (χ3v) is 7.33. The predicted octanol–water partition coefficient (Wildman–Crippen LogP) is 2.43. The summed E-state index contributed by atoms with van der Waals surface area (Å²) in [7, 11) is 1.76. The first-order valence-corrected chi connectivity index (χ1v) is 11.0. The lowest BCUT2D eigenvalue weighted by molar-refractivity contribution is -0.115. The minimum Gasteiger partial charge on any atom is -0.369 e. The van der Waals surface area contributed by atoms with E-state index in [1.807, 2.05) is 10.5 Å². The SMILES string of the molecule is Cn1c(=O)c2c(n3c(SCC(N)=O)nnc13)-c1ccccc1CC21CCCCC1. The maximum atomic E-state index is 13.6. The van der Waals surface area contributed by atoms with Gasteiger partial charge in [-0.2, -0.15) is 0 Å². The van der Waals surface area contributed by atoms with Gasteiger partial charge in [0, 0.05) is 23.6 Å². The van der Waals surface area contributed by atoms with Crippen molar-refractivity contribution in [2.24, 2.45) is 12.8 Å². The van der Waals surface area contributed by atoms with E-state index in [-0.39, 0.29) is 16.7 Å². The van der Waals surface area contributed by atoms with E-state index >= 15 is 0 Å². The fourth-order valence-electron chi connectivity index (χ4n) is 5.12.